The van der Waals surface area contributed by atoms with Crippen molar-refractivity contribution in [1.82, 2.24) is 0 Å². The fourth-order valence-electron chi connectivity index (χ4n) is 2.72. The molecule has 2 N–H and O–H groups in total. The van der Waals surface area contributed by atoms with Crippen molar-refractivity contribution in [3.8, 4) is 5.75 Å². The van der Waals surface area contributed by atoms with Gasteiger partial charge < -0.3 is 10.5 Å². The molecule has 1 aromatic carbocycles. The average Bonchev–Trinajstić information content (AvgIpc) is 2.81. The van der Waals surface area contributed by atoms with Crippen molar-refractivity contribution in [3.63, 3.8) is 0 Å². The molecule has 0 aromatic heterocycles. The van der Waals surface area contributed by atoms with Gasteiger partial charge in [0.05, 0.1) is 12.1 Å². The molecule has 0 amide bonds. The molecule has 1 aliphatic carbocycles. The van der Waals surface area contributed by atoms with E-state index < -0.39 is 0 Å². The van der Waals surface area contributed by atoms with Gasteiger partial charge in [0.25, 0.3) is 0 Å². The first-order valence-corrected chi connectivity index (χ1v) is 5.93. The highest BCUT2D eigenvalue weighted by atomic mass is 35.5. The van der Waals surface area contributed by atoms with Crippen LogP contribution in [0.15, 0.2) is 18.2 Å². The summed E-state index contributed by atoms with van der Waals surface area (Å²) in [5, 5.41) is 0.661. The maximum atomic E-state index is 6.01. The van der Waals surface area contributed by atoms with Gasteiger partial charge in [-0.05, 0) is 41.5 Å². The molecule has 88 valence electrons. The Hall–Kier alpha value is -0.730. The standard InChI is InChI=1S/C13H18ClNO/c1-13(2)9(7-15)12(13)8-4-5-10(14)11(6-8)16-3/h4-6,9,12H,7,15H2,1-3H3. The monoisotopic (exact) mass is 239 g/mol. The van der Waals surface area contributed by atoms with Crippen molar-refractivity contribution in [1.29, 1.82) is 0 Å². The summed E-state index contributed by atoms with van der Waals surface area (Å²) in [6.45, 7) is 5.26. The zero-order valence-corrected chi connectivity index (χ0v) is 10.7. The molecule has 2 rings (SSSR count). The highest BCUT2D eigenvalue weighted by molar-refractivity contribution is 6.32. The molecule has 2 unspecified atom stereocenters. The molecule has 1 aromatic rings. The third kappa shape index (κ3) is 1.70. The second-order valence-electron chi connectivity index (χ2n) is 5.04. The largest absolute Gasteiger partial charge is 0.495 e. The molecule has 2 nitrogen and oxygen atoms in total. The minimum Gasteiger partial charge on any atom is -0.495 e. The summed E-state index contributed by atoms with van der Waals surface area (Å²) in [5.41, 5.74) is 7.36. The Kier molecular flexibility index (Phi) is 2.89. The van der Waals surface area contributed by atoms with E-state index in [-0.39, 0.29) is 0 Å². The smallest absolute Gasteiger partial charge is 0.137 e. The zero-order chi connectivity index (χ0) is 11.9. The highest BCUT2D eigenvalue weighted by Gasteiger charge is 2.57. The molecule has 0 aliphatic heterocycles. The van der Waals surface area contributed by atoms with E-state index in [1.165, 1.54) is 5.56 Å². The number of methoxy groups -OCH3 is 1. The van der Waals surface area contributed by atoms with E-state index in [0.29, 0.717) is 22.3 Å². The van der Waals surface area contributed by atoms with E-state index in [9.17, 15) is 0 Å². The number of halogens is 1. The molecule has 3 heteroatoms. The lowest BCUT2D eigenvalue weighted by Crippen LogP contribution is -2.05. The second-order valence-corrected chi connectivity index (χ2v) is 5.44. The molecule has 1 saturated carbocycles. The molecule has 16 heavy (non-hydrogen) atoms. The van der Waals surface area contributed by atoms with Gasteiger partial charge in [-0.15, -0.1) is 0 Å². The number of nitrogens with two attached hydrogens (primary N) is 1. The van der Waals surface area contributed by atoms with Crippen LogP contribution in [0.3, 0.4) is 0 Å². The quantitative estimate of drug-likeness (QED) is 0.880. The van der Waals surface area contributed by atoms with Gasteiger partial charge in [0.1, 0.15) is 5.75 Å². The fraction of sp³-hybridized carbons (Fsp3) is 0.538. The first-order valence-electron chi connectivity index (χ1n) is 5.56. The summed E-state index contributed by atoms with van der Waals surface area (Å²) in [6, 6.07) is 6.01. The molecular formula is C13H18ClNO. The Morgan fingerprint density at radius 1 is 1.44 bits per heavy atom. The van der Waals surface area contributed by atoms with E-state index >= 15 is 0 Å². The maximum absolute atomic E-state index is 6.01. The Bertz CT molecular complexity index is 403. The minimum absolute atomic E-state index is 0.299. The van der Waals surface area contributed by atoms with Crippen LogP contribution in [0.2, 0.25) is 5.02 Å². The van der Waals surface area contributed by atoms with E-state index in [1.54, 1.807) is 7.11 Å². The van der Waals surface area contributed by atoms with Gasteiger partial charge in [0.2, 0.25) is 0 Å². The number of hydrogen-bond donors (Lipinski definition) is 1. The average molecular weight is 240 g/mol. The van der Waals surface area contributed by atoms with Crippen LogP contribution in [-0.2, 0) is 0 Å². The van der Waals surface area contributed by atoms with Crippen LogP contribution in [-0.4, -0.2) is 13.7 Å². The van der Waals surface area contributed by atoms with Crippen molar-refractivity contribution in [2.75, 3.05) is 13.7 Å². The predicted octanol–water partition coefficient (Wildman–Crippen LogP) is 3.05. The zero-order valence-electron chi connectivity index (χ0n) is 9.96. The lowest BCUT2D eigenvalue weighted by molar-refractivity contribution is 0.414. The Morgan fingerprint density at radius 2 is 2.12 bits per heavy atom. The van der Waals surface area contributed by atoms with Crippen LogP contribution < -0.4 is 10.5 Å². The van der Waals surface area contributed by atoms with Crippen LogP contribution in [0.25, 0.3) is 0 Å². The molecule has 0 saturated heterocycles. The molecule has 2 atom stereocenters. The van der Waals surface area contributed by atoms with Gasteiger partial charge in [-0.2, -0.15) is 0 Å². The Labute approximate surface area is 102 Å². The van der Waals surface area contributed by atoms with Crippen LogP contribution in [0.1, 0.15) is 25.3 Å². The Balaban J connectivity index is 2.30. The third-order valence-electron chi connectivity index (χ3n) is 3.84. The number of benzene rings is 1. The summed E-state index contributed by atoms with van der Waals surface area (Å²) in [7, 11) is 1.64. The summed E-state index contributed by atoms with van der Waals surface area (Å²) in [6.07, 6.45) is 0. The lowest BCUT2D eigenvalue weighted by Gasteiger charge is -2.07. The van der Waals surface area contributed by atoms with Crippen molar-refractivity contribution in [3.05, 3.63) is 28.8 Å². The van der Waals surface area contributed by atoms with Gasteiger partial charge in [-0.3, -0.25) is 0 Å². The van der Waals surface area contributed by atoms with E-state index in [4.69, 9.17) is 22.1 Å². The molecular weight excluding hydrogens is 222 g/mol. The predicted molar refractivity (Wildman–Crippen MR) is 67.1 cm³/mol. The number of rotatable bonds is 3. The van der Waals surface area contributed by atoms with Crippen LogP contribution >= 0.6 is 11.6 Å². The van der Waals surface area contributed by atoms with Crippen LogP contribution in [0, 0.1) is 11.3 Å². The second kappa shape index (κ2) is 3.94. The Morgan fingerprint density at radius 3 is 2.62 bits per heavy atom. The van der Waals surface area contributed by atoms with E-state index in [0.717, 1.165) is 12.3 Å². The normalized spacial score (nSPS) is 26.6. The summed E-state index contributed by atoms with van der Waals surface area (Å²) >= 11 is 6.01. The number of ether oxygens (including phenoxy) is 1. The molecule has 1 fully saturated rings. The first-order chi connectivity index (χ1) is 7.52. The van der Waals surface area contributed by atoms with Crippen molar-refractivity contribution in [2.24, 2.45) is 17.1 Å². The molecule has 0 bridgehead atoms. The number of hydrogen-bond acceptors (Lipinski definition) is 2. The molecule has 1 aliphatic rings. The van der Waals surface area contributed by atoms with Gasteiger partial charge in [0, 0.05) is 0 Å². The molecule has 0 radical (unpaired) electrons. The first kappa shape index (κ1) is 11.7. The van der Waals surface area contributed by atoms with Crippen LogP contribution in [0.4, 0.5) is 0 Å². The van der Waals surface area contributed by atoms with Gasteiger partial charge >= 0.3 is 0 Å². The fourth-order valence-corrected chi connectivity index (χ4v) is 2.91. The van der Waals surface area contributed by atoms with Gasteiger partial charge in [0.15, 0.2) is 0 Å². The van der Waals surface area contributed by atoms with Crippen molar-refractivity contribution in [2.45, 2.75) is 19.8 Å². The SMILES string of the molecule is COc1cc(C2C(CN)C2(C)C)ccc1Cl. The summed E-state index contributed by atoms with van der Waals surface area (Å²) in [5.74, 6) is 1.85. The maximum Gasteiger partial charge on any atom is 0.137 e. The summed E-state index contributed by atoms with van der Waals surface area (Å²) in [4.78, 5) is 0. The minimum atomic E-state index is 0.299. The highest BCUT2D eigenvalue weighted by Crippen LogP contribution is 2.64. The van der Waals surface area contributed by atoms with Crippen molar-refractivity contribution < 1.29 is 4.74 Å². The van der Waals surface area contributed by atoms with Crippen LogP contribution in [0.5, 0.6) is 5.75 Å². The summed E-state index contributed by atoms with van der Waals surface area (Å²) < 4.78 is 5.24. The third-order valence-corrected chi connectivity index (χ3v) is 4.15. The molecule has 0 spiro atoms. The van der Waals surface area contributed by atoms with Crippen molar-refractivity contribution >= 4 is 11.6 Å². The molecule has 0 heterocycles. The van der Waals surface area contributed by atoms with E-state index in [1.807, 2.05) is 12.1 Å². The lowest BCUT2D eigenvalue weighted by atomic mass is 10.0. The van der Waals surface area contributed by atoms with Gasteiger partial charge in [-0.1, -0.05) is 31.5 Å². The van der Waals surface area contributed by atoms with Gasteiger partial charge in [-0.25, -0.2) is 0 Å². The topological polar surface area (TPSA) is 35.2 Å². The van der Waals surface area contributed by atoms with E-state index in [2.05, 4.69) is 19.9 Å².